The molecule has 17 heavy (non-hydrogen) atoms. The highest BCUT2D eigenvalue weighted by atomic mass is 32.2. The summed E-state index contributed by atoms with van der Waals surface area (Å²) < 4.78 is 27.5. The first-order valence-electron chi connectivity index (χ1n) is 5.96. The van der Waals surface area contributed by atoms with Gasteiger partial charge >= 0.3 is 0 Å². The van der Waals surface area contributed by atoms with Crippen LogP contribution in [0.2, 0.25) is 0 Å². The van der Waals surface area contributed by atoms with Crippen LogP contribution in [-0.2, 0) is 10.0 Å². The number of aryl methyl sites for hydroxylation is 2. The zero-order chi connectivity index (χ0) is 12.7. The standard InChI is InChI=1S/C11H19N3O2S/c1-4-11(6-5-7-11)14-17(15,16)10-8(2)12-13-9(10)3/h14H,4-7H2,1-3H3,(H,12,13). The number of rotatable bonds is 4. The average Bonchev–Trinajstić information content (AvgIpc) is 2.53. The second-order valence-electron chi connectivity index (χ2n) is 4.86. The van der Waals surface area contributed by atoms with Gasteiger partial charge < -0.3 is 0 Å². The molecule has 1 saturated carbocycles. The SMILES string of the molecule is CCC1(NS(=O)(=O)c2c(C)n[nH]c2C)CCC1. The molecule has 0 aliphatic heterocycles. The van der Waals surface area contributed by atoms with Gasteiger partial charge in [-0.15, -0.1) is 0 Å². The van der Waals surface area contributed by atoms with Crippen molar-refractivity contribution in [3.05, 3.63) is 11.4 Å². The molecule has 0 unspecified atom stereocenters. The Bertz CT molecular complexity index is 490. The summed E-state index contributed by atoms with van der Waals surface area (Å²) in [5.74, 6) is 0. The molecule has 1 aromatic heterocycles. The first-order valence-corrected chi connectivity index (χ1v) is 7.44. The molecule has 0 spiro atoms. The van der Waals surface area contributed by atoms with Gasteiger partial charge in [-0.2, -0.15) is 5.10 Å². The third kappa shape index (κ3) is 2.11. The van der Waals surface area contributed by atoms with Gasteiger partial charge in [-0.3, -0.25) is 5.10 Å². The Labute approximate surface area is 102 Å². The Hall–Kier alpha value is -0.880. The lowest BCUT2D eigenvalue weighted by molar-refractivity contribution is 0.214. The zero-order valence-electron chi connectivity index (χ0n) is 10.5. The van der Waals surface area contributed by atoms with Crippen molar-refractivity contribution in [2.45, 2.75) is 56.9 Å². The molecule has 0 atom stereocenters. The van der Waals surface area contributed by atoms with Crippen LogP contribution >= 0.6 is 0 Å². The molecule has 6 heteroatoms. The quantitative estimate of drug-likeness (QED) is 0.861. The molecule has 5 nitrogen and oxygen atoms in total. The molecular weight excluding hydrogens is 238 g/mol. The minimum atomic E-state index is -3.45. The van der Waals surface area contributed by atoms with E-state index in [1.807, 2.05) is 6.92 Å². The van der Waals surface area contributed by atoms with E-state index in [0.29, 0.717) is 16.3 Å². The number of H-pyrrole nitrogens is 1. The summed E-state index contributed by atoms with van der Waals surface area (Å²) in [5, 5.41) is 6.65. The Balaban J connectivity index is 2.31. The highest BCUT2D eigenvalue weighted by Crippen LogP contribution is 2.36. The van der Waals surface area contributed by atoms with E-state index in [2.05, 4.69) is 14.9 Å². The minimum Gasteiger partial charge on any atom is -0.281 e. The van der Waals surface area contributed by atoms with E-state index in [1.54, 1.807) is 13.8 Å². The molecule has 96 valence electrons. The minimum absolute atomic E-state index is 0.227. The molecule has 1 aliphatic carbocycles. The molecule has 1 aromatic rings. The fourth-order valence-electron chi connectivity index (χ4n) is 2.40. The normalized spacial score (nSPS) is 19.0. The fraction of sp³-hybridized carbons (Fsp3) is 0.727. The van der Waals surface area contributed by atoms with Crippen molar-refractivity contribution in [2.75, 3.05) is 0 Å². The predicted molar refractivity (Wildman–Crippen MR) is 65.3 cm³/mol. The predicted octanol–water partition coefficient (Wildman–Crippen LogP) is 1.64. The van der Waals surface area contributed by atoms with Crippen molar-refractivity contribution in [3.8, 4) is 0 Å². The number of nitrogens with one attached hydrogen (secondary N) is 2. The molecule has 0 radical (unpaired) electrons. The third-order valence-electron chi connectivity index (χ3n) is 3.67. The number of sulfonamides is 1. The Morgan fingerprint density at radius 2 is 2.06 bits per heavy atom. The Kier molecular flexibility index (Phi) is 3.03. The number of hydrogen-bond acceptors (Lipinski definition) is 3. The highest BCUT2D eigenvalue weighted by molar-refractivity contribution is 7.89. The maximum atomic E-state index is 12.3. The summed E-state index contributed by atoms with van der Waals surface area (Å²) in [6.45, 7) is 5.46. The van der Waals surface area contributed by atoms with Crippen LogP contribution < -0.4 is 4.72 Å². The molecule has 0 aromatic carbocycles. The van der Waals surface area contributed by atoms with E-state index in [9.17, 15) is 8.42 Å². The van der Waals surface area contributed by atoms with Gasteiger partial charge in [0.05, 0.1) is 11.4 Å². The molecule has 2 N–H and O–H groups in total. The summed E-state index contributed by atoms with van der Waals surface area (Å²) in [5.41, 5.74) is 0.899. The largest absolute Gasteiger partial charge is 0.281 e. The van der Waals surface area contributed by atoms with E-state index in [-0.39, 0.29) is 5.54 Å². The summed E-state index contributed by atoms with van der Waals surface area (Å²) in [6.07, 6.45) is 3.79. The maximum Gasteiger partial charge on any atom is 0.244 e. The van der Waals surface area contributed by atoms with Gasteiger partial charge in [0.15, 0.2) is 0 Å². The van der Waals surface area contributed by atoms with E-state index >= 15 is 0 Å². The van der Waals surface area contributed by atoms with Crippen LogP contribution in [0, 0.1) is 13.8 Å². The molecular formula is C11H19N3O2S. The lowest BCUT2D eigenvalue weighted by Gasteiger charge is -2.41. The Morgan fingerprint density at radius 3 is 2.41 bits per heavy atom. The van der Waals surface area contributed by atoms with Gasteiger partial charge in [0.1, 0.15) is 4.90 Å². The van der Waals surface area contributed by atoms with E-state index in [4.69, 9.17) is 0 Å². The van der Waals surface area contributed by atoms with Crippen molar-refractivity contribution >= 4 is 10.0 Å². The summed E-state index contributed by atoms with van der Waals surface area (Å²) in [7, 11) is -3.45. The molecule has 1 heterocycles. The van der Waals surface area contributed by atoms with Crippen LogP contribution in [0.15, 0.2) is 4.90 Å². The van der Waals surface area contributed by atoms with Gasteiger partial charge in [0.2, 0.25) is 10.0 Å². The molecule has 0 saturated heterocycles. The van der Waals surface area contributed by atoms with E-state index < -0.39 is 10.0 Å². The van der Waals surface area contributed by atoms with Gasteiger partial charge in [0, 0.05) is 5.54 Å². The van der Waals surface area contributed by atoms with Gasteiger partial charge in [0.25, 0.3) is 0 Å². The van der Waals surface area contributed by atoms with Crippen LogP contribution in [0.25, 0.3) is 0 Å². The number of hydrogen-bond donors (Lipinski definition) is 2. The maximum absolute atomic E-state index is 12.3. The summed E-state index contributed by atoms with van der Waals surface area (Å²) in [4.78, 5) is 0.303. The number of aromatic amines is 1. The first kappa shape index (κ1) is 12.6. The highest BCUT2D eigenvalue weighted by Gasteiger charge is 2.40. The fourth-order valence-corrected chi connectivity index (χ4v) is 4.31. The lowest BCUT2D eigenvalue weighted by atomic mass is 9.76. The second-order valence-corrected chi connectivity index (χ2v) is 6.48. The summed E-state index contributed by atoms with van der Waals surface area (Å²) >= 11 is 0. The van der Waals surface area contributed by atoms with Crippen molar-refractivity contribution in [3.63, 3.8) is 0 Å². The van der Waals surface area contributed by atoms with Crippen LogP contribution in [0.4, 0.5) is 0 Å². The number of nitrogens with zero attached hydrogens (tertiary/aromatic N) is 1. The third-order valence-corrected chi connectivity index (χ3v) is 5.51. The number of aromatic nitrogens is 2. The van der Waals surface area contributed by atoms with E-state index in [1.165, 1.54) is 0 Å². The van der Waals surface area contributed by atoms with Crippen molar-refractivity contribution < 1.29 is 8.42 Å². The van der Waals surface area contributed by atoms with Crippen LogP contribution in [0.1, 0.15) is 44.0 Å². The topological polar surface area (TPSA) is 74.8 Å². The summed E-state index contributed by atoms with van der Waals surface area (Å²) in [6, 6.07) is 0. The smallest absolute Gasteiger partial charge is 0.244 e. The van der Waals surface area contributed by atoms with Gasteiger partial charge in [-0.25, -0.2) is 13.1 Å². The molecule has 0 bridgehead atoms. The zero-order valence-corrected chi connectivity index (χ0v) is 11.3. The van der Waals surface area contributed by atoms with Crippen molar-refractivity contribution in [1.29, 1.82) is 0 Å². The van der Waals surface area contributed by atoms with Gasteiger partial charge in [-0.05, 0) is 39.5 Å². The lowest BCUT2D eigenvalue weighted by Crippen LogP contribution is -2.52. The molecule has 0 amide bonds. The molecule has 1 aliphatic rings. The van der Waals surface area contributed by atoms with Crippen molar-refractivity contribution in [2.24, 2.45) is 0 Å². The van der Waals surface area contributed by atoms with Crippen LogP contribution in [-0.4, -0.2) is 24.2 Å². The molecule has 2 rings (SSSR count). The monoisotopic (exact) mass is 257 g/mol. The van der Waals surface area contributed by atoms with Crippen molar-refractivity contribution in [1.82, 2.24) is 14.9 Å². The molecule has 1 fully saturated rings. The van der Waals surface area contributed by atoms with E-state index in [0.717, 1.165) is 25.7 Å². The Morgan fingerprint density at radius 1 is 1.41 bits per heavy atom. The van der Waals surface area contributed by atoms with Crippen LogP contribution in [0.5, 0.6) is 0 Å². The first-order chi connectivity index (χ1) is 7.90. The average molecular weight is 257 g/mol. The second kappa shape index (κ2) is 4.10. The van der Waals surface area contributed by atoms with Gasteiger partial charge in [-0.1, -0.05) is 6.92 Å². The van der Waals surface area contributed by atoms with Crippen LogP contribution in [0.3, 0.4) is 0 Å².